The first kappa shape index (κ1) is 16.6. The molecule has 0 amide bonds. The molecule has 0 aliphatic carbocycles. The standard InChI is InChI=1S/C20H22ClNO3/c1-23-16-5-2-4-15(12-16)18-6-3-7-22(18)13-14-10-17(21)20-19(11-14)24-8-9-25-20/h2,4-5,10-12,18H,3,6-9,13H2,1H3/t18-/m1/s1. The zero-order valence-corrected chi connectivity index (χ0v) is 15.1. The molecule has 0 N–H and O–H groups in total. The molecule has 1 saturated heterocycles. The minimum Gasteiger partial charge on any atom is -0.497 e. The second-order valence-corrected chi connectivity index (χ2v) is 6.91. The van der Waals surface area contributed by atoms with Crippen molar-refractivity contribution in [1.82, 2.24) is 4.90 Å². The lowest BCUT2D eigenvalue weighted by atomic mass is 10.0. The second kappa shape index (κ2) is 7.14. The van der Waals surface area contributed by atoms with Crippen molar-refractivity contribution in [3.63, 3.8) is 0 Å². The maximum absolute atomic E-state index is 6.39. The topological polar surface area (TPSA) is 30.9 Å². The zero-order chi connectivity index (χ0) is 17.2. The van der Waals surface area contributed by atoms with E-state index in [4.69, 9.17) is 25.8 Å². The molecular formula is C20H22ClNO3. The van der Waals surface area contributed by atoms with E-state index in [2.05, 4.69) is 29.2 Å². The van der Waals surface area contributed by atoms with Crippen molar-refractivity contribution in [2.24, 2.45) is 0 Å². The lowest BCUT2D eigenvalue weighted by molar-refractivity contribution is 0.171. The van der Waals surface area contributed by atoms with Crippen LogP contribution >= 0.6 is 11.6 Å². The third-order valence-corrected chi connectivity index (χ3v) is 5.17. The molecule has 0 saturated carbocycles. The van der Waals surface area contributed by atoms with Gasteiger partial charge in [-0.15, -0.1) is 0 Å². The number of benzene rings is 2. The van der Waals surface area contributed by atoms with Gasteiger partial charge in [-0.1, -0.05) is 23.7 Å². The zero-order valence-electron chi connectivity index (χ0n) is 14.3. The van der Waals surface area contributed by atoms with Crippen molar-refractivity contribution in [3.05, 3.63) is 52.5 Å². The first-order valence-corrected chi connectivity index (χ1v) is 9.08. The minimum atomic E-state index is 0.405. The van der Waals surface area contributed by atoms with Crippen molar-refractivity contribution < 1.29 is 14.2 Å². The van der Waals surface area contributed by atoms with Crippen LogP contribution in [0.2, 0.25) is 5.02 Å². The normalized spacial score (nSPS) is 19.8. The Kier molecular flexibility index (Phi) is 4.73. The molecule has 4 rings (SSSR count). The molecule has 2 aromatic rings. The van der Waals surface area contributed by atoms with Gasteiger partial charge >= 0.3 is 0 Å². The number of methoxy groups -OCH3 is 1. The number of hydrogen-bond acceptors (Lipinski definition) is 4. The highest BCUT2D eigenvalue weighted by Gasteiger charge is 2.27. The molecule has 2 aliphatic heterocycles. The Morgan fingerprint density at radius 1 is 1.20 bits per heavy atom. The molecular weight excluding hydrogens is 338 g/mol. The largest absolute Gasteiger partial charge is 0.497 e. The summed E-state index contributed by atoms with van der Waals surface area (Å²) in [5.74, 6) is 2.33. The van der Waals surface area contributed by atoms with Crippen LogP contribution in [0.25, 0.3) is 0 Å². The highest BCUT2D eigenvalue weighted by Crippen LogP contribution is 2.40. The predicted octanol–water partition coefficient (Wildman–Crippen LogP) is 4.46. The van der Waals surface area contributed by atoms with Crippen LogP contribution in [-0.4, -0.2) is 31.8 Å². The molecule has 0 radical (unpaired) electrons. The summed E-state index contributed by atoms with van der Waals surface area (Å²) in [5.41, 5.74) is 2.46. The Balaban J connectivity index is 1.56. The van der Waals surface area contributed by atoms with Gasteiger partial charge in [0.25, 0.3) is 0 Å². The molecule has 0 aromatic heterocycles. The number of halogens is 1. The van der Waals surface area contributed by atoms with Crippen molar-refractivity contribution in [2.45, 2.75) is 25.4 Å². The van der Waals surface area contributed by atoms with Crippen LogP contribution in [-0.2, 0) is 6.54 Å². The molecule has 2 aliphatic rings. The second-order valence-electron chi connectivity index (χ2n) is 6.51. The van der Waals surface area contributed by atoms with Gasteiger partial charge in [0.2, 0.25) is 0 Å². The van der Waals surface area contributed by atoms with Crippen LogP contribution in [0.1, 0.15) is 30.0 Å². The number of fused-ring (bicyclic) bond motifs is 1. The Morgan fingerprint density at radius 2 is 2.08 bits per heavy atom. The fraction of sp³-hybridized carbons (Fsp3) is 0.400. The molecule has 0 bridgehead atoms. The fourth-order valence-electron chi connectivity index (χ4n) is 3.73. The number of nitrogens with zero attached hydrogens (tertiary/aromatic N) is 1. The van der Waals surface area contributed by atoms with Gasteiger partial charge in [0.15, 0.2) is 11.5 Å². The van der Waals surface area contributed by atoms with Gasteiger partial charge in [0.05, 0.1) is 12.1 Å². The fourth-order valence-corrected chi connectivity index (χ4v) is 4.02. The van der Waals surface area contributed by atoms with E-state index in [9.17, 15) is 0 Å². The van der Waals surface area contributed by atoms with Crippen LogP contribution in [0.5, 0.6) is 17.2 Å². The van der Waals surface area contributed by atoms with E-state index in [0.29, 0.717) is 30.0 Å². The van der Waals surface area contributed by atoms with Gasteiger partial charge in [-0.2, -0.15) is 0 Å². The summed E-state index contributed by atoms with van der Waals surface area (Å²) in [4.78, 5) is 2.50. The maximum atomic E-state index is 6.39. The van der Waals surface area contributed by atoms with E-state index in [1.807, 2.05) is 12.1 Å². The lowest BCUT2D eigenvalue weighted by Gasteiger charge is -2.26. The molecule has 4 nitrogen and oxygen atoms in total. The SMILES string of the molecule is COc1cccc([C@H]2CCCN2Cc2cc(Cl)c3c(c2)OCCO3)c1. The molecule has 5 heteroatoms. The summed E-state index contributed by atoms with van der Waals surface area (Å²) in [6.45, 7) is 3.05. The van der Waals surface area contributed by atoms with Crippen LogP contribution in [0.3, 0.4) is 0 Å². The molecule has 2 heterocycles. The Bertz CT molecular complexity index is 765. The number of ether oxygens (including phenoxy) is 3. The molecule has 1 atom stereocenters. The molecule has 1 fully saturated rings. The summed E-state index contributed by atoms with van der Waals surface area (Å²) in [6.07, 6.45) is 2.35. The summed E-state index contributed by atoms with van der Waals surface area (Å²) >= 11 is 6.39. The van der Waals surface area contributed by atoms with Gasteiger partial charge in [-0.25, -0.2) is 0 Å². The quantitative estimate of drug-likeness (QED) is 0.806. The first-order valence-electron chi connectivity index (χ1n) is 8.70. The van der Waals surface area contributed by atoms with Gasteiger partial charge in [-0.3, -0.25) is 4.90 Å². The number of hydrogen-bond donors (Lipinski definition) is 0. The molecule has 0 unspecified atom stereocenters. The highest BCUT2D eigenvalue weighted by molar-refractivity contribution is 6.32. The number of rotatable bonds is 4. The van der Waals surface area contributed by atoms with Gasteiger partial charge < -0.3 is 14.2 Å². The molecule has 0 spiro atoms. The summed E-state index contributed by atoms with van der Waals surface area (Å²) in [6, 6.07) is 12.8. The summed E-state index contributed by atoms with van der Waals surface area (Å²) in [7, 11) is 1.71. The average molecular weight is 360 g/mol. The van der Waals surface area contributed by atoms with Crippen molar-refractivity contribution in [3.8, 4) is 17.2 Å². The van der Waals surface area contributed by atoms with Gasteiger partial charge in [0, 0.05) is 12.6 Å². The van der Waals surface area contributed by atoms with E-state index in [-0.39, 0.29) is 0 Å². The van der Waals surface area contributed by atoms with Crippen LogP contribution in [0.4, 0.5) is 0 Å². The van der Waals surface area contributed by atoms with Crippen molar-refractivity contribution >= 4 is 11.6 Å². The van der Waals surface area contributed by atoms with Crippen LogP contribution in [0, 0.1) is 0 Å². The van der Waals surface area contributed by atoms with E-state index in [1.165, 1.54) is 12.0 Å². The predicted molar refractivity (Wildman–Crippen MR) is 97.8 cm³/mol. The summed E-state index contributed by atoms with van der Waals surface area (Å²) < 4.78 is 16.7. The van der Waals surface area contributed by atoms with Crippen LogP contribution in [0.15, 0.2) is 36.4 Å². The Morgan fingerprint density at radius 3 is 2.96 bits per heavy atom. The summed E-state index contributed by atoms with van der Waals surface area (Å²) in [5, 5.41) is 0.629. The van der Waals surface area contributed by atoms with Gasteiger partial charge in [-0.05, 0) is 54.8 Å². The smallest absolute Gasteiger partial charge is 0.179 e. The Labute approximate surface area is 153 Å². The molecule has 25 heavy (non-hydrogen) atoms. The van der Waals surface area contributed by atoms with Crippen molar-refractivity contribution in [2.75, 3.05) is 26.9 Å². The third kappa shape index (κ3) is 3.42. The van der Waals surface area contributed by atoms with Crippen LogP contribution < -0.4 is 14.2 Å². The maximum Gasteiger partial charge on any atom is 0.179 e. The molecule has 2 aromatic carbocycles. The lowest BCUT2D eigenvalue weighted by Crippen LogP contribution is -2.23. The van der Waals surface area contributed by atoms with E-state index >= 15 is 0 Å². The number of likely N-dealkylation sites (tertiary alicyclic amines) is 1. The van der Waals surface area contributed by atoms with E-state index in [1.54, 1.807) is 7.11 Å². The molecule has 132 valence electrons. The van der Waals surface area contributed by atoms with E-state index in [0.717, 1.165) is 36.6 Å². The first-order chi connectivity index (χ1) is 12.2. The third-order valence-electron chi connectivity index (χ3n) is 4.88. The monoisotopic (exact) mass is 359 g/mol. The van der Waals surface area contributed by atoms with Gasteiger partial charge in [0.1, 0.15) is 19.0 Å². The van der Waals surface area contributed by atoms with Crippen molar-refractivity contribution in [1.29, 1.82) is 0 Å². The highest BCUT2D eigenvalue weighted by atomic mass is 35.5. The van der Waals surface area contributed by atoms with E-state index < -0.39 is 0 Å². The average Bonchev–Trinajstić information content (AvgIpc) is 3.10. The minimum absolute atomic E-state index is 0.405. The Hall–Kier alpha value is -1.91.